The highest BCUT2D eigenvalue weighted by Gasteiger charge is 2.09. The van der Waals surface area contributed by atoms with Gasteiger partial charge in [0.2, 0.25) is 0 Å². The summed E-state index contributed by atoms with van der Waals surface area (Å²) in [5, 5.41) is 12.5. The standard InChI is InChI=1S/C13H21NO2/c1-10(9-16-3)14-11(2)13-6-4-5-12(7-13)8-15/h4-7,10-11,14-15H,8-9H2,1-3H3. The number of hydrogen-bond acceptors (Lipinski definition) is 3. The summed E-state index contributed by atoms with van der Waals surface area (Å²) >= 11 is 0. The van der Waals surface area contributed by atoms with Crippen LogP contribution in [0.2, 0.25) is 0 Å². The number of hydrogen-bond donors (Lipinski definition) is 2. The number of aliphatic hydroxyl groups is 1. The van der Waals surface area contributed by atoms with Crippen LogP contribution in [0, 0.1) is 0 Å². The van der Waals surface area contributed by atoms with Crippen LogP contribution < -0.4 is 5.32 Å². The molecule has 0 heterocycles. The molecule has 90 valence electrons. The monoisotopic (exact) mass is 223 g/mol. The van der Waals surface area contributed by atoms with Gasteiger partial charge < -0.3 is 15.2 Å². The Kier molecular flexibility index (Phi) is 5.46. The molecule has 1 aromatic rings. The van der Waals surface area contributed by atoms with Crippen LogP contribution in [0.3, 0.4) is 0 Å². The molecule has 3 nitrogen and oxygen atoms in total. The second-order valence-electron chi connectivity index (χ2n) is 4.15. The van der Waals surface area contributed by atoms with Gasteiger partial charge in [0, 0.05) is 19.2 Å². The van der Waals surface area contributed by atoms with Crippen LogP contribution in [0.5, 0.6) is 0 Å². The van der Waals surface area contributed by atoms with Crippen LogP contribution in [0.4, 0.5) is 0 Å². The van der Waals surface area contributed by atoms with Crippen LogP contribution in [0.15, 0.2) is 24.3 Å². The van der Waals surface area contributed by atoms with Crippen LogP contribution in [-0.2, 0) is 11.3 Å². The highest BCUT2D eigenvalue weighted by molar-refractivity contribution is 5.25. The lowest BCUT2D eigenvalue weighted by Gasteiger charge is -2.20. The first-order valence-corrected chi connectivity index (χ1v) is 5.62. The molecule has 0 aliphatic carbocycles. The van der Waals surface area contributed by atoms with Crippen molar-refractivity contribution in [3.63, 3.8) is 0 Å². The predicted octanol–water partition coefficient (Wildman–Crippen LogP) is 1.86. The molecule has 1 aromatic carbocycles. The van der Waals surface area contributed by atoms with Crippen molar-refractivity contribution >= 4 is 0 Å². The molecule has 0 aliphatic heterocycles. The van der Waals surface area contributed by atoms with Gasteiger partial charge >= 0.3 is 0 Å². The lowest BCUT2D eigenvalue weighted by molar-refractivity contribution is 0.167. The van der Waals surface area contributed by atoms with Crippen LogP contribution in [-0.4, -0.2) is 24.9 Å². The molecule has 2 N–H and O–H groups in total. The zero-order chi connectivity index (χ0) is 12.0. The Morgan fingerprint density at radius 2 is 2.12 bits per heavy atom. The highest BCUT2D eigenvalue weighted by Crippen LogP contribution is 2.14. The molecule has 0 amide bonds. The van der Waals surface area contributed by atoms with Crippen molar-refractivity contribution in [1.29, 1.82) is 0 Å². The highest BCUT2D eigenvalue weighted by atomic mass is 16.5. The van der Waals surface area contributed by atoms with E-state index in [1.165, 1.54) is 5.56 Å². The Hall–Kier alpha value is -0.900. The molecule has 1 rings (SSSR count). The zero-order valence-corrected chi connectivity index (χ0v) is 10.2. The fraction of sp³-hybridized carbons (Fsp3) is 0.538. The molecule has 0 radical (unpaired) electrons. The average molecular weight is 223 g/mol. The number of nitrogens with one attached hydrogen (secondary N) is 1. The fourth-order valence-corrected chi connectivity index (χ4v) is 1.78. The molecular formula is C13H21NO2. The van der Waals surface area contributed by atoms with E-state index in [0.29, 0.717) is 12.6 Å². The molecule has 2 unspecified atom stereocenters. The molecule has 0 aromatic heterocycles. The van der Waals surface area contributed by atoms with Crippen molar-refractivity contribution in [3.8, 4) is 0 Å². The minimum atomic E-state index is 0.0915. The topological polar surface area (TPSA) is 41.5 Å². The summed E-state index contributed by atoms with van der Waals surface area (Å²) in [5.74, 6) is 0. The van der Waals surface area contributed by atoms with Crippen molar-refractivity contribution in [3.05, 3.63) is 35.4 Å². The second kappa shape index (κ2) is 6.63. The maximum absolute atomic E-state index is 9.07. The maximum atomic E-state index is 9.07. The number of benzene rings is 1. The van der Waals surface area contributed by atoms with E-state index in [1.807, 2.05) is 18.2 Å². The summed E-state index contributed by atoms with van der Waals surface area (Å²) < 4.78 is 5.08. The minimum absolute atomic E-state index is 0.0915. The number of rotatable bonds is 6. The van der Waals surface area contributed by atoms with Gasteiger partial charge in [0.25, 0.3) is 0 Å². The van der Waals surface area contributed by atoms with Gasteiger partial charge in [-0.15, -0.1) is 0 Å². The lowest BCUT2D eigenvalue weighted by Crippen LogP contribution is -2.32. The Labute approximate surface area is 97.4 Å². The van der Waals surface area contributed by atoms with E-state index >= 15 is 0 Å². The summed E-state index contributed by atoms with van der Waals surface area (Å²) in [5.41, 5.74) is 2.14. The molecular weight excluding hydrogens is 202 g/mol. The van der Waals surface area contributed by atoms with E-state index in [9.17, 15) is 0 Å². The smallest absolute Gasteiger partial charge is 0.0681 e. The van der Waals surface area contributed by atoms with Crippen molar-refractivity contribution in [2.45, 2.75) is 32.5 Å². The summed E-state index contributed by atoms with van der Waals surface area (Å²) in [7, 11) is 1.70. The number of aliphatic hydroxyl groups excluding tert-OH is 1. The summed E-state index contributed by atoms with van der Waals surface area (Å²) in [6.45, 7) is 5.00. The first-order chi connectivity index (χ1) is 7.67. The molecule has 0 saturated heterocycles. The molecule has 0 aliphatic rings. The van der Waals surface area contributed by atoms with Gasteiger partial charge in [-0.05, 0) is 25.0 Å². The molecule has 2 atom stereocenters. The van der Waals surface area contributed by atoms with Gasteiger partial charge in [-0.3, -0.25) is 0 Å². The van der Waals surface area contributed by atoms with Gasteiger partial charge in [-0.25, -0.2) is 0 Å². The van der Waals surface area contributed by atoms with Crippen LogP contribution in [0.1, 0.15) is 31.0 Å². The molecule has 16 heavy (non-hydrogen) atoms. The Morgan fingerprint density at radius 3 is 2.75 bits per heavy atom. The van der Waals surface area contributed by atoms with Gasteiger partial charge in [-0.2, -0.15) is 0 Å². The molecule has 0 saturated carbocycles. The van der Waals surface area contributed by atoms with E-state index in [4.69, 9.17) is 9.84 Å². The SMILES string of the molecule is COCC(C)NC(C)c1cccc(CO)c1. The molecule has 3 heteroatoms. The van der Waals surface area contributed by atoms with Crippen molar-refractivity contribution in [2.24, 2.45) is 0 Å². The van der Waals surface area contributed by atoms with E-state index in [2.05, 4.69) is 25.2 Å². The Bertz CT molecular complexity index is 315. The summed E-state index contributed by atoms with van der Waals surface area (Å²) in [4.78, 5) is 0. The first-order valence-electron chi connectivity index (χ1n) is 5.62. The van der Waals surface area contributed by atoms with Gasteiger partial charge in [0.15, 0.2) is 0 Å². The second-order valence-corrected chi connectivity index (χ2v) is 4.15. The van der Waals surface area contributed by atoms with E-state index in [1.54, 1.807) is 7.11 Å². The molecule has 0 spiro atoms. The largest absolute Gasteiger partial charge is 0.392 e. The zero-order valence-electron chi connectivity index (χ0n) is 10.2. The van der Waals surface area contributed by atoms with E-state index < -0.39 is 0 Å². The predicted molar refractivity (Wildman–Crippen MR) is 65.3 cm³/mol. The minimum Gasteiger partial charge on any atom is -0.392 e. The summed E-state index contributed by atoms with van der Waals surface area (Å²) in [6.07, 6.45) is 0. The lowest BCUT2D eigenvalue weighted by atomic mass is 10.0. The van der Waals surface area contributed by atoms with E-state index in [0.717, 1.165) is 5.56 Å². The van der Waals surface area contributed by atoms with E-state index in [-0.39, 0.29) is 12.6 Å². The average Bonchev–Trinajstić information content (AvgIpc) is 2.29. The van der Waals surface area contributed by atoms with Crippen molar-refractivity contribution in [1.82, 2.24) is 5.32 Å². The molecule has 0 fully saturated rings. The number of methoxy groups -OCH3 is 1. The maximum Gasteiger partial charge on any atom is 0.0681 e. The Balaban J connectivity index is 2.61. The Morgan fingerprint density at radius 1 is 1.38 bits per heavy atom. The normalized spacial score (nSPS) is 14.8. The third-order valence-electron chi connectivity index (χ3n) is 2.58. The quantitative estimate of drug-likeness (QED) is 0.773. The van der Waals surface area contributed by atoms with Crippen molar-refractivity contribution < 1.29 is 9.84 Å². The van der Waals surface area contributed by atoms with Crippen LogP contribution >= 0.6 is 0 Å². The van der Waals surface area contributed by atoms with Gasteiger partial charge in [0.1, 0.15) is 0 Å². The van der Waals surface area contributed by atoms with Crippen LogP contribution in [0.25, 0.3) is 0 Å². The first kappa shape index (κ1) is 13.2. The van der Waals surface area contributed by atoms with Crippen molar-refractivity contribution in [2.75, 3.05) is 13.7 Å². The van der Waals surface area contributed by atoms with Gasteiger partial charge in [0.05, 0.1) is 13.2 Å². The third kappa shape index (κ3) is 3.93. The van der Waals surface area contributed by atoms with Gasteiger partial charge in [-0.1, -0.05) is 24.3 Å². The third-order valence-corrected chi connectivity index (χ3v) is 2.58. The summed E-state index contributed by atoms with van der Waals surface area (Å²) in [6, 6.07) is 8.57. The molecule has 0 bridgehead atoms. The fourth-order valence-electron chi connectivity index (χ4n) is 1.78. The number of ether oxygens (including phenoxy) is 1.